The molecule has 1 aliphatic heterocycles. The number of fused-ring (bicyclic) bond motifs is 1. The van der Waals surface area contributed by atoms with Crippen LogP contribution in [0.25, 0.3) is 0 Å². The van der Waals surface area contributed by atoms with Crippen molar-refractivity contribution in [2.24, 2.45) is 5.92 Å². The molecule has 0 radical (unpaired) electrons. The van der Waals surface area contributed by atoms with E-state index in [1.165, 1.54) is 35.6 Å². The fourth-order valence-electron chi connectivity index (χ4n) is 3.98. The average Bonchev–Trinajstić information content (AvgIpc) is 3.30. The molecule has 1 aliphatic rings. The number of aliphatic hydroxyl groups excluding tert-OH is 1. The van der Waals surface area contributed by atoms with Crippen molar-refractivity contribution in [3.05, 3.63) is 41.7 Å². The van der Waals surface area contributed by atoms with Gasteiger partial charge in [0.15, 0.2) is 0 Å². The van der Waals surface area contributed by atoms with Gasteiger partial charge in [-0.3, -0.25) is 4.79 Å². The lowest BCUT2D eigenvalue weighted by Gasteiger charge is -2.35. The normalized spacial score (nSPS) is 21.0. The summed E-state index contributed by atoms with van der Waals surface area (Å²) in [4.78, 5) is 14.7. The third kappa shape index (κ3) is 6.43. The Kier molecular flexibility index (Phi) is 8.96. The van der Waals surface area contributed by atoms with Crippen molar-refractivity contribution in [2.45, 2.75) is 56.9 Å². The number of amides is 1. The van der Waals surface area contributed by atoms with Gasteiger partial charge in [-0.1, -0.05) is 12.1 Å². The van der Waals surface area contributed by atoms with Crippen LogP contribution in [0.4, 0.5) is 0 Å². The van der Waals surface area contributed by atoms with Gasteiger partial charge in [0.1, 0.15) is 0 Å². The lowest BCUT2D eigenvalue weighted by Crippen LogP contribution is -2.47. The third-order valence-corrected chi connectivity index (χ3v) is 8.11. The number of rotatable bonds is 6. The van der Waals surface area contributed by atoms with E-state index in [9.17, 15) is 18.3 Å². The van der Waals surface area contributed by atoms with Gasteiger partial charge in [-0.2, -0.15) is 9.57 Å². The summed E-state index contributed by atoms with van der Waals surface area (Å²) in [5, 5.41) is 26.7. The Labute approximate surface area is 205 Å². The maximum absolute atomic E-state index is 13.2. The van der Waals surface area contributed by atoms with Crippen molar-refractivity contribution in [2.75, 3.05) is 26.7 Å². The zero-order valence-corrected chi connectivity index (χ0v) is 21.1. The summed E-state index contributed by atoms with van der Waals surface area (Å²) in [7, 11) is -2.36. The SMILES string of the molecule is C[C@H]1CN([C@@H](C)CO)C(=O)CCCn2nncc2CO[C@@H]1CN(C)S(=O)(=O)c1ccc(C#N)cc1. The summed E-state index contributed by atoms with van der Waals surface area (Å²) in [5.74, 6) is -0.326. The number of aryl methyl sites for hydroxylation is 1. The second kappa shape index (κ2) is 11.7. The van der Waals surface area contributed by atoms with Crippen molar-refractivity contribution >= 4 is 15.9 Å². The smallest absolute Gasteiger partial charge is 0.242 e. The molecule has 0 spiro atoms. The zero-order chi connectivity index (χ0) is 25.6. The molecular formula is C23H32N6O5S. The summed E-state index contributed by atoms with van der Waals surface area (Å²) < 4.78 is 35.5. The highest BCUT2D eigenvalue weighted by molar-refractivity contribution is 7.89. The molecular weight excluding hydrogens is 472 g/mol. The molecule has 11 nitrogen and oxygen atoms in total. The van der Waals surface area contributed by atoms with Gasteiger partial charge >= 0.3 is 0 Å². The van der Waals surface area contributed by atoms with E-state index in [-0.39, 0.29) is 42.5 Å². The minimum atomic E-state index is -3.84. The summed E-state index contributed by atoms with van der Waals surface area (Å²) >= 11 is 0. The molecule has 1 amide bonds. The number of carbonyl (C=O) groups is 1. The topological polar surface area (TPSA) is 142 Å². The van der Waals surface area contributed by atoms with Gasteiger partial charge in [0.05, 0.1) is 53.8 Å². The fourth-order valence-corrected chi connectivity index (χ4v) is 5.16. The minimum Gasteiger partial charge on any atom is -0.394 e. The minimum absolute atomic E-state index is 0.0423. The van der Waals surface area contributed by atoms with E-state index >= 15 is 0 Å². The van der Waals surface area contributed by atoms with E-state index in [1.54, 1.807) is 22.7 Å². The molecule has 12 heteroatoms. The van der Waals surface area contributed by atoms with Gasteiger partial charge in [-0.15, -0.1) is 5.10 Å². The van der Waals surface area contributed by atoms with Gasteiger partial charge < -0.3 is 14.7 Å². The van der Waals surface area contributed by atoms with Crippen molar-refractivity contribution in [1.29, 1.82) is 5.26 Å². The highest BCUT2D eigenvalue weighted by atomic mass is 32.2. The van der Waals surface area contributed by atoms with Crippen LogP contribution < -0.4 is 0 Å². The third-order valence-electron chi connectivity index (χ3n) is 6.27. The maximum Gasteiger partial charge on any atom is 0.242 e. The first-order valence-electron chi connectivity index (χ1n) is 11.5. The molecule has 190 valence electrons. The zero-order valence-electron chi connectivity index (χ0n) is 20.2. The summed E-state index contributed by atoms with van der Waals surface area (Å²) in [6.45, 7) is 4.55. The Morgan fingerprint density at radius 3 is 2.71 bits per heavy atom. The van der Waals surface area contributed by atoms with Crippen LogP contribution in [0.3, 0.4) is 0 Å². The lowest BCUT2D eigenvalue weighted by atomic mass is 10.0. The van der Waals surface area contributed by atoms with Crippen molar-refractivity contribution in [3.8, 4) is 6.07 Å². The molecule has 0 aliphatic carbocycles. The second-order valence-corrected chi connectivity index (χ2v) is 10.9. The van der Waals surface area contributed by atoms with E-state index in [2.05, 4.69) is 10.3 Å². The first-order valence-corrected chi connectivity index (χ1v) is 13.0. The molecule has 35 heavy (non-hydrogen) atoms. The van der Waals surface area contributed by atoms with Gasteiger partial charge in [-0.25, -0.2) is 13.1 Å². The standard InChI is InChI=1S/C23H32N6O5S/c1-17-13-28(18(2)15-30)23(31)5-4-10-29-20(12-25-26-29)16-34-22(17)14-27(3)35(32,33)21-8-6-19(11-24)7-9-21/h6-9,12,17-18,22,30H,4-5,10,13-16H2,1-3H3/t17-,18-,22+/m0/s1. The van der Waals surface area contributed by atoms with Crippen LogP contribution in [-0.2, 0) is 32.7 Å². The molecule has 0 unspecified atom stereocenters. The number of ether oxygens (including phenoxy) is 1. The van der Waals surface area contributed by atoms with Gasteiger partial charge in [0.2, 0.25) is 15.9 Å². The largest absolute Gasteiger partial charge is 0.394 e. The van der Waals surface area contributed by atoms with Crippen LogP contribution in [0, 0.1) is 17.2 Å². The van der Waals surface area contributed by atoms with E-state index in [4.69, 9.17) is 10.00 Å². The van der Waals surface area contributed by atoms with Crippen molar-refractivity contribution in [1.82, 2.24) is 24.2 Å². The van der Waals surface area contributed by atoms with E-state index in [0.29, 0.717) is 31.5 Å². The predicted molar refractivity (Wildman–Crippen MR) is 126 cm³/mol. The van der Waals surface area contributed by atoms with Crippen LogP contribution in [0.15, 0.2) is 35.4 Å². The molecule has 1 aromatic heterocycles. The number of hydrogen-bond donors (Lipinski definition) is 1. The quantitative estimate of drug-likeness (QED) is 0.614. The van der Waals surface area contributed by atoms with Gasteiger partial charge in [-0.05, 0) is 37.6 Å². The van der Waals surface area contributed by atoms with Gasteiger partial charge in [0.25, 0.3) is 0 Å². The number of hydrogen-bond acceptors (Lipinski definition) is 8. The van der Waals surface area contributed by atoms with Crippen molar-refractivity contribution < 1.29 is 23.1 Å². The number of carbonyl (C=O) groups excluding carboxylic acids is 1. The van der Waals surface area contributed by atoms with Crippen LogP contribution in [-0.4, -0.2) is 82.5 Å². The fraction of sp³-hybridized carbons (Fsp3) is 0.565. The summed E-state index contributed by atoms with van der Waals surface area (Å²) in [6.07, 6.45) is 1.92. The number of nitrogens with zero attached hydrogens (tertiary/aromatic N) is 6. The highest BCUT2D eigenvalue weighted by Gasteiger charge is 2.31. The highest BCUT2D eigenvalue weighted by Crippen LogP contribution is 2.21. The van der Waals surface area contributed by atoms with Crippen LogP contribution >= 0.6 is 0 Å². The number of aliphatic hydroxyl groups is 1. The Balaban J connectivity index is 1.86. The van der Waals surface area contributed by atoms with E-state index in [1.807, 2.05) is 13.0 Å². The molecule has 1 aromatic carbocycles. The average molecular weight is 505 g/mol. The summed E-state index contributed by atoms with van der Waals surface area (Å²) in [5.41, 5.74) is 1.12. The predicted octanol–water partition coefficient (Wildman–Crippen LogP) is 0.995. The number of sulfonamides is 1. The van der Waals surface area contributed by atoms with Crippen LogP contribution in [0.5, 0.6) is 0 Å². The monoisotopic (exact) mass is 504 g/mol. The Hall–Kier alpha value is -2.85. The summed E-state index contributed by atoms with van der Waals surface area (Å²) in [6, 6.07) is 7.33. The number of likely N-dealkylation sites (N-methyl/N-ethyl adjacent to an activating group) is 1. The van der Waals surface area contributed by atoms with E-state index in [0.717, 1.165) is 5.69 Å². The second-order valence-electron chi connectivity index (χ2n) is 8.88. The number of benzene rings is 1. The van der Waals surface area contributed by atoms with E-state index < -0.39 is 16.1 Å². The Bertz CT molecular complexity index is 1140. The molecule has 0 saturated heterocycles. The van der Waals surface area contributed by atoms with Gasteiger partial charge in [0, 0.05) is 39.0 Å². The van der Waals surface area contributed by atoms with Crippen LogP contribution in [0.1, 0.15) is 37.9 Å². The molecule has 1 N–H and O–H groups in total. The lowest BCUT2D eigenvalue weighted by molar-refractivity contribution is -0.136. The molecule has 0 bridgehead atoms. The first-order chi connectivity index (χ1) is 16.7. The Morgan fingerprint density at radius 2 is 2.06 bits per heavy atom. The maximum atomic E-state index is 13.2. The molecule has 0 fully saturated rings. The van der Waals surface area contributed by atoms with Crippen molar-refractivity contribution in [3.63, 3.8) is 0 Å². The Morgan fingerprint density at radius 1 is 1.34 bits per heavy atom. The first kappa shape index (κ1) is 26.7. The molecule has 3 rings (SSSR count). The molecule has 2 aromatic rings. The molecule has 2 heterocycles. The van der Waals surface area contributed by atoms with Crippen LogP contribution in [0.2, 0.25) is 0 Å². The molecule has 0 saturated carbocycles. The number of nitriles is 1. The number of aromatic nitrogens is 3. The molecule has 3 atom stereocenters.